The molecule has 0 atom stereocenters. The van der Waals surface area contributed by atoms with Crippen molar-refractivity contribution in [3.63, 3.8) is 0 Å². The van der Waals surface area contributed by atoms with Gasteiger partial charge in [-0.1, -0.05) is 17.7 Å². The van der Waals surface area contributed by atoms with Crippen molar-refractivity contribution < 1.29 is 22.4 Å². The predicted octanol–water partition coefficient (Wildman–Crippen LogP) is 5.29. The normalized spacial score (nSPS) is 11.8. The molecule has 0 saturated heterocycles. The molecule has 2 aromatic carbocycles. The lowest BCUT2D eigenvalue weighted by Crippen LogP contribution is -2.38. The minimum Gasteiger partial charge on any atom is -0.436 e. The van der Waals surface area contributed by atoms with Crippen molar-refractivity contribution in [1.82, 2.24) is 4.98 Å². The zero-order valence-electron chi connectivity index (χ0n) is 14.1. The quantitative estimate of drug-likeness (QED) is 0.605. The van der Waals surface area contributed by atoms with Crippen LogP contribution in [0.1, 0.15) is 11.1 Å². The van der Waals surface area contributed by atoms with Crippen LogP contribution >= 0.6 is 11.6 Å². The summed E-state index contributed by atoms with van der Waals surface area (Å²) in [6.45, 7) is 3.54. The molecular weight excluding hydrogens is 369 g/mol. The van der Waals surface area contributed by atoms with Gasteiger partial charge in [0.15, 0.2) is 5.58 Å². The molecule has 0 aliphatic carbocycles. The fourth-order valence-electron chi connectivity index (χ4n) is 2.53. The lowest BCUT2D eigenvalue weighted by atomic mass is 10.1. The molecular formula is C18H14ClF3N2O2. The number of anilines is 1. The fraction of sp³-hybridized carbons (Fsp3) is 0.222. The molecule has 0 fully saturated rings. The van der Waals surface area contributed by atoms with Crippen LogP contribution in [0.3, 0.4) is 0 Å². The Labute approximate surface area is 152 Å². The highest BCUT2D eigenvalue weighted by Gasteiger charge is 2.41. The summed E-state index contributed by atoms with van der Waals surface area (Å²) in [7, 11) is 1.07. The topological polar surface area (TPSA) is 46.3 Å². The zero-order valence-corrected chi connectivity index (χ0v) is 14.9. The molecule has 26 heavy (non-hydrogen) atoms. The second kappa shape index (κ2) is 6.32. The van der Waals surface area contributed by atoms with E-state index in [0.717, 1.165) is 12.6 Å². The van der Waals surface area contributed by atoms with Gasteiger partial charge in [0, 0.05) is 23.3 Å². The van der Waals surface area contributed by atoms with Crippen LogP contribution in [0.25, 0.3) is 22.6 Å². The maximum atomic E-state index is 12.7. The first-order valence-corrected chi connectivity index (χ1v) is 7.98. The predicted molar refractivity (Wildman–Crippen MR) is 93.4 cm³/mol. The van der Waals surface area contributed by atoms with Gasteiger partial charge in [-0.25, -0.2) is 4.98 Å². The Hall–Kier alpha value is -2.54. The van der Waals surface area contributed by atoms with E-state index in [1.807, 2.05) is 13.0 Å². The van der Waals surface area contributed by atoms with Crippen molar-refractivity contribution in [2.24, 2.45) is 0 Å². The Bertz CT molecular complexity index is 1010. The Morgan fingerprint density at radius 1 is 1.15 bits per heavy atom. The van der Waals surface area contributed by atoms with Gasteiger partial charge in [0.25, 0.3) is 0 Å². The molecule has 1 aromatic heterocycles. The first-order chi connectivity index (χ1) is 12.1. The highest BCUT2D eigenvalue weighted by Crippen LogP contribution is 2.32. The summed E-state index contributed by atoms with van der Waals surface area (Å²) in [5.41, 5.74) is 2.99. The van der Waals surface area contributed by atoms with Gasteiger partial charge in [-0.05, 0) is 49.2 Å². The maximum absolute atomic E-state index is 12.7. The van der Waals surface area contributed by atoms with Gasteiger partial charge < -0.3 is 9.32 Å². The van der Waals surface area contributed by atoms with Crippen molar-refractivity contribution in [1.29, 1.82) is 0 Å². The highest BCUT2D eigenvalue weighted by atomic mass is 35.5. The number of carbonyl (C=O) groups is 1. The number of alkyl halides is 3. The van der Waals surface area contributed by atoms with Crippen LogP contribution in [-0.4, -0.2) is 24.1 Å². The van der Waals surface area contributed by atoms with Gasteiger partial charge in [-0.3, -0.25) is 4.79 Å². The number of aromatic nitrogens is 1. The molecule has 0 aliphatic heterocycles. The molecule has 3 rings (SSSR count). The van der Waals surface area contributed by atoms with Crippen LogP contribution in [0, 0.1) is 13.8 Å². The summed E-state index contributed by atoms with van der Waals surface area (Å²) in [6, 6.07) is 8.15. The maximum Gasteiger partial charge on any atom is 0.471 e. The Morgan fingerprint density at radius 3 is 2.46 bits per heavy atom. The Kier molecular flexibility index (Phi) is 4.44. The summed E-state index contributed by atoms with van der Waals surface area (Å²) in [5.74, 6) is -1.66. The van der Waals surface area contributed by atoms with Gasteiger partial charge in [-0.15, -0.1) is 0 Å². The summed E-state index contributed by atoms with van der Waals surface area (Å²) < 4.78 is 43.7. The molecule has 0 radical (unpaired) electrons. The van der Waals surface area contributed by atoms with Crippen molar-refractivity contribution in [3.05, 3.63) is 46.5 Å². The number of halogens is 4. The lowest BCUT2D eigenvalue weighted by Gasteiger charge is -2.19. The number of amides is 1. The minimum atomic E-state index is -4.95. The number of aryl methyl sites for hydroxylation is 2. The van der Waals surface area contributed by atoms with Crippen LogP contribution in [-0.2, 0) is 4.79 Å². The largest absolute Gasteiger partial charge is 0.471 e. The van der Waals surface area contributed by atoms with E-state index in [1.165, 1.54) is 12.1 Å². The van der Waals surface area contributed by atoms with E-state index in [0.29, 0.717) is 38.0 Å². The number of carbonyl (C=O) groups excluding carboxylic acids is 1. The third-order valence-electron chi connectivity index (χ3n) is 4.01. The molecule has 1 amide bonds. The van der Waals surface area contributed by atoms with Crippen LogP contribution < -0.4 is 4.90 Å². The third-order valence-corrected chi connectivity index (χ3v) is 4.42. The van der Waals surface area contributed by atoms with Gasteiger partial charge in [0.2, 0.25) is 5.89 Å². The number of fused-ring (bicyclic) bond motifs is 1. The summed E-state index contributed by atoms with van der Waals surface area (Å²) in [6.07, 6.45) is -4.95. The van der Waals surface area contributed by atoms with Crippen molar-refractivity contribution in [2.75, 3.05) is 11.9 Å². The average Bonchev–Trinajstić information content (AvgIpc) is 2.99. The zero-order chi connectivity index (χ0) is 19.2. The van der Waals surface area contributed by atoms with E-state index in [-0.39, 0.29) is 5.69 Å². The van der Waals surface area contributed by atoms with Crippen LogP contribution in [0.15, 0.2) is 34.7 Å². The van der Waals surface area contributed by atoms with Crippen LogP contribution in [0.4, 0.5) is 18.9 Å². The summed E-state index contributed by atoms with van der Waals surface area (Å²) in [5, 5.41) is 0.553. The van der Waals surface area contributed by atoms with E-state index in [9.17, 15) is 18.0 Å². The number of hydrogen-bond donors (Lipinski definition) is 0. The third kappa shape index (κ3) is 3.26. The van der Waals surface area contributed by atoms with Crippen LogP contribution in [0.2, 0.25) is 5.02 Å². The van der Waals surface area contributed by atoms with Crippen molar-refractivity contribution >= 4 is 34.3 Å². The molecule has 4 nitrogen and oxygen atoms in total. The highest BCUT2D eigenvalue weighted by molar-refractivity contribution is 6.31. The Morgan fingerprint density at radius 2 is 1.85 bits per heavy atom. The smallest absolute Gasteiger partial charge is 0.436 e. The van der Waals surface area contributed by atoms with Crippen molar-refractivity contribution in [2.45, 2.75) is 20.0 Å². The second-order valence-electron chi connectivity index (χ2n) is 5.96. The SMILES string of the molecule is Cc1ccc(-c2nc3cc(N(C)C(=O)C(F)(F)F)cc(C)c3o2)cc1Cl. The van der Waals surface area contributed by atoms with E-state index in [2.05, 4.69) is 4.98 Å². The Balaban J connectivity index is 2.06. The van der Waals surface area contributed by atoms with Crippen molar-refractivity contribution in [3.8, 4) is 11.5 Å². The van der Waals surface area contributed by atoms with Gasteiger partial charge in [0.1, 0.15) is 5.52 Å². The molecule has 0 N–H and O–H groups in total. The van der Waals surface area contributed by atoms with E-state index in [1.54, 1.807) is 19.1 Å². The summed E-state index contributed by atoms with van der Waals surface area (Å²) >= 11 is 6.12. The number of hydrogen-bond acceptors (Lipinski definition) is 3. The first-order valence-electron chi connectivity index (χ1n) is 7.60. The molecule has 0 bridgehead atoms. The van der Waals surface area contributed by atoms with E-state index in [4.69, 9.17) is 16.0 Å². The van der Waals surface area contributed by atoms with E-state index >= 15 is 0 Å². The van der Waals surface area contributed by atoms with Gasteiger partial charge in [-0.2, -0.15) is 13.2 Å². The monoisotopic (exact) mass is 382 g/mol. The number of benzene rings is 2. The fourth-order valence-corrected chi connectivity index (χ4v) is 2.71. The molecule has 1 heterocycles. The molecule has 0 unspecified atom stereocenters. The number of rotatable bonds is 2. The van der Waals surface area contributed by atoms with Gasteiger partial charge in [0.05, 0.1) is 0 Å². The lowest BCUT2D eigenvalue weighted by molar-refractivity contribution is -0.170. The number of oxazole rings is 1. The second-order valence-corrected chi connectivity index (χ2v) is 6.36. The first kappa shape index (κ1) is 18.3. The number of nitrogens with zero attached hydrogens (tertiary/aromatic N) is 2. The standard InChI is InChI=1S/C18H14ClF3N2O2/c1-9-4-5-11(7-13(9)19)16-23-14-8-12(6-10(2)15(14)26-16)24(3)17(25)18(20,21)22/h4-8H,1-3H3. The van der Waals surface area contributed by atoms with Gasteiger partial charge >= 0.3 is 12.1 Å². The average molecular weight is 383 g/mol. The molecule has 3 aromatic rings. The summed E-state index contributed by atoms with van der Waals surface area (Å²) in [4.78, 5) is 16.3. The molecule has 0 saturated carbocycles. The van der Waals surface area contributed by atoms with E-state index < -0.39 is 12.1 Å². The molecule has 0 spiro atoms. The minimum absolute atomic E-state index is 0.0825. The molecule has 8 heteroatoms. The molecule has 0 aliphatic rings. The molecule has 136 valence electrons. The van der Waals surface area contributed by atoms with Crippen LogP contribution in [0.5, 0.6) is 0 Å².